The van der Waals surface area contributed by atoms with Crippen molar-refractivity contribution in [2.45, 2.75) is 13.5 Å². The first-order chi connectivity index (χ1) is 9.13. The van der Waals surface area contributed by atoms with Crippen LogP contribution < -0.4 is 10.5 Å². The summed E-state index contributed by atoms with van der Waals surface area (Å²) >= 11 is 2.08. The lowest BCUT2D eigenvalue weighted by Gasteiger charge is -2.13. The van der Waals surface area contributed by atoms with Crippen LogP contribution >= 0.6 is 22.6 Å². The highest BCUT2D eigenvalue weighted by molar-refractivity contribution is 14.1. The third kappa shape index (κ3) is 2.99. The summed E-state index contributed by atoms with van der Waals surface area (Å²) in [6, 6.07) is 13.8. The summed E-state index contributed by atoms with van der Waals surface area (Å²) in [5.74, 6) is 0.665. The van der Waals surface area contributed by atoms with Crippen molar-refractivity contribution in [1.82, 2.24) is 0 Å². The first-order valence-electron chi connectivity index (χ1n) is 5.79. The zero-order valence-corrected chi connectivity index (χ0v) is 12.6. The Hall–Kier alpha value is -1.74. The quantitative estimate of drug-likeness (QED) is 0.668. The third-order valence-corrected chi connectivity index (χ3v) is 4.04. The highest BCUT2D eigenvalue weighted by Gasteiger charge is 2.12. The Balaban J connectivity index is 2.26. The van der Waals surface area contributed by atoms with Gasteiger partial charge in [0.25, 0.3) is 0 Å². The molecule has 96 valence electrons. The minimum absolute atomic E-state index is 0.465. The van der Waals surface area contributed by atoms with Crippen LogP contribution in [0.25, 0.3) is 0 Å². The van der Waals surface area contributed by atoms with E-state index in [9.17, 15) is 0 Å². The number of nitrogens with two attached hydrogens (primary N) is 1. The fraction of sp³-hybridized carbons (Fsp3) is 0.133. The fourth-order valence-electron chi connectivity index (χ4n) is 1.71. The zero-order valence-electron chi connectivity index (χ0n) is 10.5. The van der Waals surface area contributed by atoms with E-state index in [1.807, 2.05) is 37.3 Å². The zero-order chi connectivity index (χ0) is 13.8. The maximum absolute atomic E-state index is 9.08. The lowest BCUT2D eigenvalue weighted by molar-refractivity contribution is 0.304. The van der Waals surface area contributed by atoms with Crippen LogP contribution in [-0.4, -0.2) is 0 Å². The van der Waals surface area contributed by atoms with Crippen molar-refractivity contribution in [3.63, 3.8) is 0 Å². The van der Waals surface area contributed by atoms with Crippen LogP contribution in [0, 0.1) is 21.8 Å². The van der Waals surface area contributed by atoms with Crippen molar-refractivity contribution in [1.29, 1.82) is 5.26 Å². The van der Waals surface area contributed by atoms with Gasteiger partial charge in [-0.25, -0.2) is 0 Å². The summed E-state index contributed by atoms with van der Waals surface area (Å²) < 4.78 is 6.55. The number of hydrogen-bond donors (Lipinski definition) is 1. The Morgan fingerprint density at radius 1 is 1.32 bits per heavy atom. The first kappa shape index (κ1) is 13.7. The molecule has 3 nitrogen and oxygen atoms in total. The maximum atomic E-state index is 9.08. The molecule has 0 bridgehead atoms. The van der Waals surface area contributed by atoms with Gasteiger partial charge in [-0.15, -0.1) is 0 Å². The molecule has 0 spiro atoms. The minimum Gasteiger partial charge on any atom is -0.489 e. The molecule has 0 saturated carbocycles. The molecule has 0 saturated heterocycles. The van der Waals surface area contributed by atoms with Gasteiger partial charge in [0.1, 0.15) is 18.4 Å². The van der Waals surface area contributed by atoms with Crippen molar-refractivity contribution in [3.8, 4) is 11.8 Å². The predicted octanol–water partition coefficient (Wildman–Crippen LogP) is 3.63. The standard InChI is InChI=1S/C15H13IN2O/c1-10-13(7-12(8-17)14(16)15(10)18)19-9-11-5-3-2-4-6-11/h2-7H,9,18H2,1H3. The van der Waals surface area contributed by atoms with Gasteiger partial charge in [-0.3, -0.25) is 0 Å². The molecule has 0 aliphatic carbocycles. The molecule has 0 fully saturated rings. The summed E-state index contributed by atoms with van der Waals surface area (Å²) in [6.45, 7) is 2.37. The van der Waals surface area contributed by atoms with E-state index >= 15 is 0 Å². The molecule has 0 aliphatic heterocycles. The average molecular weight is 364 g/mol. The smallest absolute Gasteiger partial charge is 0.126 e. The second-order valence-electron chi connectivity index (χ2n) is 4.16. The van der Waals surface area contributed by atoms with Crippen molar-refractivity contribution in [3.05, 3.63) is 56.7 Å². The van der Waals surface area contributed by atoms with Crippen LogP contribution in [-0.2, 0) is 6.61 Å². The third-order valence-electron chi connectivity index (χ3n) is 2.88. The summed E-state index contributed by atoms with van der Waals surface area (Å²) in [7, 11) is 0. The molecule has 2 aromatic carbocycles. The summed E-state index contributed by atoms with van der Waals surface area (Å²) in [4.78, 5) is 0. The molecular formula is C15H13IN2O. The van der Waals surface area contributed by atoms with Crippen LogP contribution in [0.15, 0.2) is 36.4 Å². The molecule has 0 radical (unpaired) electrons. The van der Waals surface area contributed by atoms with Gasteiger partial charge in [-0.2, -0.15) is 5.26 Å². The Labute approximate surface area is 126 Å². The predicted molar refractivity (Wildman–Crippen MR) is 83.8 cm³/mol. The summed E-state index contributed by atoms with van der Waals surface area (Å²) in [5, 5.41) is 9.08. The number of benzene rings is 2. The second kappa shape index (κ2) is 5.93. The lowest BCUT2D eigenvalue weighted by atomic mass is 10.1. The lowest BCUT2D eigenvalue weighted by Crippen LogP contribution is -2.02. The van der Waals surface area contributed by atoms with Crippen molar-refractivity contribution >= 4 is 28.3 Å². The van der Waals surface area contributed by atoms with Crippen molar-refractivity contribution in [2.24, 2.45) is 0 Å². The van der Waals surface area contributed by atoms with Crippen molar-refractivity contribution < 1.29 is 4.74 Å². The van der Waals surface area contributed by atoms with E-state index in [0.29, 0.717) is 23.6 Å². The van der Waals surface area contributed by atoms with E-state index in [0.717, 1.165) is 14.7 Å². The Bertz CT molecular complexity index is 633. The van der Waals surface area contributed by atoms with Gasteiger partial charge in [0, 0.05) is 5.56 Å². The van der Waals surface area contributed by atoms with E-state index in [4.69, 9.17) is 15.7 Å². The average Bonchev–Trinajstić information content (AvgIpc) is 2.45. The normalized spacial score (nSPS) is 9.95. The number of rotatable bonds is 3. The van der Waals surface area contributed by atoms with Gasteiger partial charge in [-0.1, -0.05) is 30.3 Å². The number of nitrogen functional groups attached to an aromatic ring is 1. The highest BCUT2D eigenvalue weighted by atomic mass is 127. The van der Waals surface area contributed by atoms with Gasteiger partial charge in [0.2, 0.25) is 0 Å². The summed E-state index contributed by atoms with van der Waals surface area (Å²) in [6.07, 6.45) is 0. The van der Waals surface area contributed by atoms with Crippen LogP contribution in [0.1, 0.15) is 16.7 Å². The number of ether oxygens (including phenoxy) is 1. The topological polar surface area (TPSA) is 59.0 Å². The molecule has 0 heterocycles. The van der Waals surface area contributed by atoms with Gasteiger partial charge < -0.3 is 10.5 Å². The number of nitriles is 1. The number of hydrogen-bond acceptors (Lipinski definition) is 3. The Morgan fingerprint density at radius 3 is 2.63 bits per heavy atom. The number of nitrogens with zero attached hydrogens (tertiary/aromatic N) is 1. The van der Waals surface area contributed by atoms with Gasteiger partial charge in [0.05, 0.1) is 14.8 Å². The molecule has 0 aromatic heterocycles. The maximum Gasteiger partial charge on any atom is 0.126 e. The van der Waals surface area contributed by atoms with E-state index in [1.165, 1.54) is 0 Å². The first-order valence-corrected chi connectivity index (χ1v) is 6.86. The van der Waals surface area contributed by atoms with Gasteiger partial charge >= 0.3 is 0 Å². The molecule has 0 aliphatic rings. The number of halogens is 1. The molecule has 2 aromatic rings. The van der Waals surface area contributed by atoms with Crippen LogP contribution in [0.4, 0.5) is 5.69 Å². The van der Waals surface area contributed by atoms with E-state index in [1.54, 1.807) is 6.07 Å². The fourth-order valence-corrected chi connectivity index (χ4v) is 2.39. The molecule has 0 unspecified atom stereocenters. The highest BCUT2D eigenvalue weighted by Crippen LogP contribution is 2.31. The molecule has 0 amide bonds. The molecule has 0 atom stereocenters. The molecule has 19 heavy (non-hydrogen) atoms. The van der Waals surface area contributed by atoms with E-state index in [2.05, 4.69) is 28.7 Å². The van der Waals surface area contributed by atoms with E-state index in [-0.39, 0.29) is 0 Å². The van der Waals surface area contributed by atoms with Gasteiger partial charge in [-0.05, 0) is 41.1 Å². The van der Waals surface area contributed by atoms with Crippen LogP contribution in [0.3, 0.4) is 0 Å². The molecule has 2 N–H and O–H groups in total. The Morgan fingerprint density at radius 2 is 2.00 bits per heavy atom. The van der Waals surface area contributed by atoms with E-state index < -0.39 is 0 Å². The SMILES string of the molecule is Cc1c(OCc2ccccc2)cc(C#N)c(I)c1N. The number of anilines is 1. The summed E-state index contributed by atoms with van der Waals surface area (Å²) in [5.41, 5.74) is 9.11. The largest absolute Gasteiger partial charge is 0.489 e. The Kier molecular flexibility index (Phi) is 4.27. The van der Waals surface area contributed by atoms with Gasteiger partial charge in [0.15, 0.2) is 0 Å². The molecular weight excluding hydrogens is 351 g/mol. The monoisotopic (exact) mass is 364 g/mol. The minimum atomic E-state index is 0.465. The van der Waals surface area contributed by atoms with Crippen LogP contribution in [0.2, 0.25) is 0 Å². The molecule has 2 rings (SSSR count). The van der Waals surface area contributed by atoms with Crippen molar-refractivity contribution in [2.75, 3.05) is 5.73 Å². The van der Waals surface area contributed by atoms with Crippen LogP contribution in [0.5, 0.6) is 5.75 Å². The second-order valence-corrected chi connectivity index (χ2v) is 5.24. The molecule has 4 heteroatoms.